The van der Waals surface area contributed by atoms with Crippen LogP contribution in [0.1, 0.15) is 25.3 Å². The third-order valence-electron chi connectivity index (χ3n) is 3.92. The average molecular weight is 297 g/mol. The summed E-state index contributed by atoms with van der Waals surface area (Å²) in [4.78, 5) is 2.59. The monoisotopic (exact) mass is 297 g/mol. The van der Waals surface area contributed by atoms with Gasteiger partial charge in [0.1, 0.15) is 0 Å². The van der Waals surface area contributed by atoms with Crippen molar-refractivity contribution >= 4 is 15.7 Å². The molecule has 1 aromatic carbocycles. The highest BCUT2D eigenvalue weighted by Crippen LogP contribution is 2.20. The molecule has 2 rings (SSSR count). The first-order valence-corrected chi connectivity index (χ1v) is 8.52. The van der Waals surface area contributed by atoms with Gasteiger partial charge in [0, 0.05) is 18.3 Å². The number of nitrogen functional groups attached to an aromatic ring is 1. The zero-order valence-electron chi connectivity index (χ0n) is 12.1. The molecule has 1 atom stereocenters. The van der Waals surface area contributed by atoms with Gasteiger partial charge in [0.25, 0.3) is 0 Å². The Hall–Kier alpha value is -1.11. The first kappa shape index (κ1) is 15.3. The Morgan fingerprint density at radius 3 is 2.90 bits per heavy atom. The highest BCUT2D eigenvalue weighted by Gasteiger charge is 2.25. The lowest BCUT2D eigenvalue weighted by Gasteiger charge is -2.23. The fourth-order valence-corrected chi connectivity index (χ4v) is 4.08. The molecule has 1 aliphatic heterocycles. The van der Waals surface area contributed by atoms with Crippen LogP contribution in [0.4, 0.5) is 5.69 Å². The summed E-state index contributed by atoms with van der Waals surface area (Å²) in [5.74, 6) is 0. The minimum absolute atomic E-state index is 0.276. The van der Waals surface area contributed by atoms with Gasteiger partial charge in [0.2, 0.25) is 10.0 Å². The van der Waals surface area contributed by atoms with E-state index in [9.17, 15) is 8.42 Å². The number of rotatable bonds is 5. The smallest absolute Gasteiger partial charge is 0.240 e. The lowest BCUT2D eigenvalue weighted by atomic mass is 10.2. The summed E-state index contributed by atoms with van der Waals surface area (Å²) in [7, 11) is -3.49. The predicted octanol–water partition coefficient (Wildman–Crippen LogP) is 1.34. The van der Waals surface area contributed by atoms with Crippen LogP contribution >= 0.6 is 0 Å². The Morgan fingerprint density at radius 2 is 2.20 bits per heavy atom. The number of sulfonamides is 1. The number of likely N-dealkylation sites (N-methyl/N-ethyl adjacent to an activating group) is 1. The van der Waals surface area contributed by atoms with Crippen LogP contribution in [0.3, 0.4) is 0 Å². The van der Waals surface area contributed by atoms with Crippen LogP contribution in [0.2, 0.25) is 0 Å². The van der Waals surface area contributed by atoms with Gasteiger partial charge in [0.05, 0.1) is 4.90 Å². The molecule has 6 heteroatoms. The van der Waals surface area contributed by atoms with Crippen molar-refractivity contribution in [2.75, 3.05) is 25.4 Å². The Labute approximate surface area is 121 Å². The van der Waals surface area contributed by atoms with Gasteiger partial charge in [0.15, 0.2) is 0 Å². The third-order valence-corrected chi connectivity index (χ3v) is 5.48. The van der Waals surface area contributed by atoms with Crippen molar-refractivity contribution in [3.8, 4) is 0 Å². The van der Waals surface area contributed by atoms with Crippen LogP contribution in [-0.4, -0.2) is 39.0 Å². The molecular formula is C14H23N3O2S. The topological polar surface area (TPSA) is 75.4 Å². The average Bonchev–Trinajstić information content (AvgIpc) is 2.86. The number of nitrogens with two attached hydrogens (primary N) is 1. The van der Waals surface area contributed by atoms with Gasteiger partial charge in [-0.3, -0.25) is 4.90 Å². The molecule has 0 unspecified atom stereocenters. The van der Waals surface area contributed by atoms with Crippen molar-refractivity contribution in [1.82, 2.24) is 9.62 Å². The van der Waals surface area contributed by atoms with Crippen molar-refractivity contribution in [2.24, 2.45) is 0 Å². The zero-order chi connectivity index (χ0) is 14.8. The van der Waals surface area contributed by atoms with Gasteiger partial charge >= 0.3 is 0 Å². The molecule has 0 bridgehead atoms. The van der Waals surface area contributed by atoms with Gasteiger partial charge < -0.3 is 5.73 Å². The molecule has 0 radical (unpaired) electrons. The zero-order valence-corrected chi connectivity index (χ0v) is 12.9. The van der Waals surface area contributed by atoms with E-state index in [1.54, 1.807) is 19.1 Å². The van der Waals surface area contributed by atoms with Crippen LogP contribution in [0.5, 0.6) is 0 Å². The van der Waals surface area contributed by atoms with Crippen molar-refractivity contribution in [3.05, 3.63) is 23.8 Å². The van der Waals surface area contributed by atoms with E-state index in [0.717, 1.165) is 25.9 Å². The number of nitrogens with one attached hydrogen (secondary N) is 1. The second kappa shape index (κ2) is 6.11. The maximum absolute atomic E-state index is 12.4. The molecule has 20 heavy (non-hydrogen) atoms. The fraction of sp³-hybridized carbons (Fsp3) is 0.571. The number of anilines is 1. The van der Waals surface area contributed by atoms with E-state index in [1.165, 1.54) is 6.07 Å². The SMILES string of the molecule is CCN1CCC[C@H]1CNS(=O)(=O)c1cc(N)ccc1C. The van der Waals surface area contributed by atoms with Crippen molar-refractivity contribution in [1.29, 1.82) is 0 Å². The molecule has 112 valence electrons. The standard InChI is InChI=1S/C14H23N3O2S/c1-3-17-8-4-5-13(17)10-16-20(18,19)14-9-12(15)7-6-11(14)2/h6-7,9,13,16H,3-5,8,10,15H2,1-2H3/t13-/m0/s1. The quantitative estimate of drug-likeness (QED) is 0.804. The Kier molecular flexibility index (Phi) is 4.67. The minimum Gasteiger partial charge on any atom is -0.399 e. The van der Waals surface area contributed by atoms with Gasteiger partial charge in [-0.05, 0) is 50.6 Å². The number of benzene rings is 1. The summed E-state index contributed by atoms with van der Waals surface area (Å²) in [5.41, 5.74) is 6.86. The summed E-state index contributed by atoms with van der Waals surface area (Å²) in [6, 6.07) is 5.27. The van der Waals surface area contributed by atoms with Gasteiger partial charge in [-0.2, -0.15) is 0 Å². The maximum atomic E-state index is 12.4. The number of likely N-dealkylation sites (tertiary alicyclic amines) is 1. The lowest BCUT2D eigenvalue weighted by Crippen LogP contribution is -2.40. The normalized spacial score (nSPS) is 20.4. The van der Waals surface area contributed by atoms with E-state index in [1.807, 2.05) is 0 Å². The van der Waals surface area contributed by atoms with Crippen molar-refractivity contribution < 1.29 is 8.42 Å². The molecule has 0 amide bonds. The summed E-state index contributed by atoms with van der Waals surface area (Å²) in [5, 5.41) is 0. The van der Waals surface area contributed by atoms with Gasteiger partial charge in [-0.1, -0.05) is 13.0 Å². The Morgan fingerprint density at radius 1 is 1.45 bits per heavy atom. The molecule has 0 saturated carbocycles. The van der Waals surface area contributed by atoms with E-state index in [0.29, 0.717) is 23.8 Å². The first-order chi connectivity index (χ1) is 9.44. The molecular weight excluding hydrogens is 274 g/mol. The van der Waals surface area contributed by atoms with Crippen molar-refractivity contribution in [3.63, 3.8) is 0 Å². The van der Waals surface area contributed by atoms with Crippen LogP contribution in [0, 0.1) is 6.92 Å². The maximum Gasteiger partial charge on any atom is 0.240 e. The highest BCUT2D eigenvalue weighted by molar-refractivity contribution is 7.89. The first-order valence-electron chi connectivity index (χ1n) is 7.04. The van der Waals surface area contributed by atoms with Gasteiger partial charge in [-0.25, -0.2) is 13.1 Å². The lowest BCUT2D eigenvalue weighted by molar-refractivity contribution is 0.268. The van der Waals surface area contributed by atoms with E-state index >= 15 is 0 Å². The number of hydrogen-bond acceptors (Lipinski definition) is 4. The van der Waals surface area contributed by atoms with E-state index < -0.39 is 10.0 Å². The summed E-state index contributed by atoms with van der Waals surface area (Å²) < 4.78 is 27.5. The van der Waals surface area contributed by atoms with Crippen LogP contribution in [0.15, 0.2) is 23.1 Å². The predicted molar refractivity (Wildman–Crippen MR) is 81.0 cm³/mol. The molecule has 1 fully saturated rings. The number of hydrogen-bond donors (Lipinski definition) is 2. The third kappa shape index (κ3) is 3.31. The summed E-state index contributed by atoms with van der Waals surface area (Å²) in [6.45, 7) is 6.37. The molecule has 0 aromatic heterocycles. The van der Waals surface area contributed by atoms with Crippen LogP contribution in [-0.2, 0) is 10.0 Å². The van der Waals surface area contributed by atoms with Crippen LogP contribution in [0.25, 0.3) is 0 Å². The van der Waals surface area contributed by atoms with Crippen molar-refractivity contribution in [2.45, 2.75) is 37.6 Å². The van der Waals surface area contributed by atoms with E-state index in [-0.39, 0.29) is 4.90 Å². The molecule has 1 aliphatic rings. The van der Waals surface area contributed by atoms with E-state index in [4.69, 9.17) is 5.73 Å². The molecule has 5 nitrogen and oxygen atoms in total. The van der Waals surface area contributed by atoms with Gasteiger partial charge in [-0.15, -0.1) is 0 Å². The van der Waals surface area contributed by atoms with E-state index in [2.05, 4.69) is 16.5 Å². The fourth-order valence-electron chi connectivity index (χ4n) is 2.73. The molecule has 1 aromatic rings. The minimum atomic E-state index is -3.49. The molecule has 0 aliphatic carbocycles. The summed E-state index contributed by atoms with van der Waals surface area (Å²) in [6.07, 6.45) is 2.18. The second-order valence-electron chi connectivity index (χ2n) is 5.30. The largest absolute Gasteiger partial charge is 0.399 e. The Balaban J connectivity index is 2.09. The number of nitrogens with zero attached hydrogens (tertiary/aromatic N) is 1. The van der Waals surface area contributed by atoms with Crippen LogP contribution < -0.4 is 10.5 Å². The second-order valence-corrected chi connectivity index (χ2v) is 7.04. The Bertz CT molecular complexity index is 572. The number of aryl methyl sites for hydroxylation is 1. The molecule has 0 spiro atoms. The molecule has 3 N–H and O–H groups in total. The molecule has 1 saturated heterocycles. The summed E-state index contributed by atoms with van der Waals surface area (Å²) >= 11 is 0. The highest BCUT2D eigenvalue weighted by atomic mass is 32.2. The molecule has 1 heterocycles.